The van der Waals surface area contributed by atoms with Gasteiger partial charge in [-0.2, -0.15) is 0 Å². The van der Waals surface area contributed by atoms with Gasteiger partial charge in [-0.3, -0.25) is 0 Å². The van der Waals surface area contributed by atoms with Crippen molar-refractivity contribution in [1.82, 2.24) is 5.32 Å². The predicted octanol–water partition coefficient (Wildman–Crippen LogP) is 3.98. The van der Waals surface area contributed by atoms with Gasteiger partial charge in [0.05, 0.1) is 0 Å². The molecule has 1 N–H and O–H groups in total. The molecule has 0 amide bonds. The number of rotatable bonds is 5. The smallest absolute Gasteiger partial charge is 0.0127 e. The number of hydrogen-bond acceptors (Lipinski definition) is 1. The SMILES string of the molecule is CC(C)CNC(C)(C)CC1CCCCC1. The maximum atomic E-state index is 3.71. The molecule has 0 saturated heterocycles. The highest BCUT2D eigenvalue weighted by molar-refractivity contribution is 4.82. The summed E-state index contributed by atoms with van der Waals surface area (Å²) in [6.07, 6.45) is 8.69. The van der Waals surface area contributed by atoms with Crippen molar-refractivity contribution < 1.29 is 0 Å². The van der Waals surface area contributed by atoms with E-state index in [0.29, 0.717) is 5.54 Å². The predicted molar refractivity (Wildman–Crippen MR) is 68.1 cm³/mol. The molecule has 1 heteroatoms. The summed E-state index contributed by atoms with van der Waals surface area (Å²) in [7, 11) is 0. The van der Waals surface area contributed by atoms with Gasteiger partial charge in [0.25, 0.3) is 0 Å². The first-order chi connectivity index (χ1) is 6.99. The molecule has 1 aliphatic carbocycles. The van der Waals surface area contributed by atoms with E-state index in [1.54, 1.807) is 0 Å². The summed E-state index contributed by atoms with van der Waals surface area (Å²) in [5, 5.41) is 3.71. The Labute approximate surface area is 96.0 Å². The molecule has 1 rings (SSSR count). The fourth-order valence-corrected chi connectivity index (χ4v) is 2.67. The second kappa shape index (κ2) is 5.89. The Bertz CT molecular complexity index is 166. The van der Waals surface area contributed by atoms with Gasteiger partial charge in [0.2, 0.25) is 0 Å². The summed E-state index contributed by atoms with van der Waals surface area (Å²) < 4.78 is 0. The Hall–Kier alpha value is -0.0400. The molecule has 90 valence electrons. The van der Waals surface area contributed by atoms with Crippen LogP contribution in [0.2, 0.25) is 0 Å². The zero-order valence-corrected chi connectivity index (χ0v) is 11.1. The van der Waals surface area contributed by atoms with Crippen LogP contribution in [0.4, 0.5) is 0 Å². The maximum absolute atomic E-state index is 3.71. The van der Waals surface area contributed by atoms with Crippen molar-refractivity contribution in [1.29, 1.82) is 0 Å². The van der Waals surface area contributed by atoms with Crippen molar-refractivity contribution in [3.05, 3.63) is 0 Å². The molecule has 15 heavy (non-hydrogen) atoms. The molecule has 0 spiro atoms. The summed E-state index contributed by atoms with van der Waals surface area (Å²) >= 11 is 0. The highest BCUT2D eigenvalue weighted by atomic mass is 15.0. The van der Waals surface area contributed by atoms with E-state index in [2.05, 4.69) is 33.0 Å². The Morgan fingerprint density at radius 2 is 1.73 bits per heavy atom. The van der Waals surface area contributed by atoms with Crippen LogP contribution in [-0.4, -0.2) is 12.1 Å². The molecular formula is C14H29N. The van der Waals surface area contributed by atoms with Gasteiger partial charge in [-0.25, -0.2) is 0 Å². The minimum absolute atomic E-state index is 0.340. The third kappa shape index (κ3) is 5.55. The largest absolute Gasteiger partial charge is 0.312 e. The first-order valence-corrected chi connectivity index (χ1v) is 6.74. The molecule has 1 nitrogen and oxygen atoms in total. The van der Waals surface area contributed by atoms with Crippen LogP contribution in [0.25, 0.3) is 0 Å². The average molecular weight is 211 g/mol. The van der Waals surface area contributed by atoms with Crippen molar-refractivity contribution in [3.63, 3.8) is 0 Å². The standard InChI is InChI=1S/C14H29N/c1-12(2)11-15-14(3,4)10-13-8-6-5-7-9-13/h12-13,15H,5-11H2,1-4H3. The van der Waals surface area contributed by atoms with E-state index in [9.17, 15) is 0 Å². The third-order valence-corrected chi connectivity index (χ3v) is 3.51. The molecule has 0 heterocycles. The molecule has 1 saturated carbocycles. The Balaban J connectivity index is 2.26. The minimum atomic E-state index is 0.340. The van der Waals surface area contributed by atoms with E-state index >= 15 is 0 Å². The van der Waals surface area contributed by atoms with Crippen LogP contribution in [0.5, 0.6) is 0 Å². The molecule has 0 atom stereocenters. The highest BCUT2D eigenvalue weighted by Gasteiger charge is 2.24. The first-order valence-electron chi connectivity index (χ1n) is 6.74. The van der Waals surface area contributed by atoms with Crippen LogP contribution in [0.3, 0.4) is 0 Å². The molecule has 0 aromatic rings. The molecule has 0 aromatic heterocycles. The van der Waals surface area contributed by atoms with Crippen LogP contribution < -0.4 is 5.32 Å². The van der Waals surface area contributed by atoms with E-state index in [1.807, 2.05) is 0 Å². The van der Waals surface area contributed by atoms with Crippen molar-refractivity contribution in [2.45, 2.75) is 71.8 Å². The number of hydrogen-bond donors (Lipinski definition) is 1. The lowest BCUT2D eigenvalue weighted by Crippen LogP contribution is -2.43. The topological polar surface area (TPSA) is 12.0 Å². The lowest BCUT2D eigenvalue weighted by molar-refractivity contribution is 0.241. The third-order valence-electron chi connectivity index (χ3n) is 3.51. The second-order valence-corrected chi connectivity index (χ2v) is 6.37. The second-order valence-electron chi connectivity index (χ2n) is 6.37. The van der Waals surface area contributed by atoms with Crippen LogP contribution in [0.15, 0.2) is 0 Å². The fourth-order valence-electron chi connectivity index (χ4n) is 2.67. The van der Waals surface area contributed by atoms with Gasteiger partial charge in [-0.15, -0.1) is 0 Å². The Morgan fingerprint density at radius 1 is 1.13 bits per heavy atom. The quantitative estimate of drug-likeness (QED) is 0.725. The zero-order valence-electron chi connectivity index (χ0n) is 11.1. The van der Waals surface area contributed by atoms with Gasteiger partial charge in [0.15, 0.2) is 0 Å². The van der Waals surface area contributed by atoms with E-state index in [1.165, 1.54) is 38.5 Å². The molecule has 0 aliphatic heterocycles. The van der Waals surface area contributed by atoms with Gasteiger partial charge in [-0.1, -0.05) is 46.0 Å². The summed E-state index contributed by atoms with van der Waals surface area (Å²) in [5.41, 5.74) is 0.340. The van der Waals surface area contributed by atoms with E-state index in [0.717, 1.165) is 18.4 Å². The van der Waals surface area contributed by atoms with Crippen molar-refractivity contribution in [2.75, 3.05) is 6.54 Å². The Morgan fingerprint density at radius 3 is 2.27 bits per heavy atom. The summed E-state index contributed by atoms with van der Waals surface area (Å²) in [6, 6.07) is 0. The van der Waals surface area contributed by atoms with E-state index in [-0.39, 0.29) is 0 Å². The van der Waals surface area contributed by atoms with E-state index in [4.69, 9.17) is 0 Å². The highest BCUT2D eigenvalue weighted by Crippen LogP contribution is 2.30. The monoisotopic (exact) mass is 211 g/mol. The van der Waals surface area contributed by atoms with Crippen LogP contribution >= 0.6 is 0 Å². The average Bonchev–Trinajstić information content (AvgIpc) is 2.16. The molecule has 1 aliphatic rings. The summed E-state index contributed by atoms with van der Waals surface area (Å²) in [4.78, 5) is 0. The van der Waals surface area contributed by atoms with Crippen LogP contribution in [0.1, 0.15) is 66.2 Å². The van der Waals surface area contributed by atoms with Gasteiger partial charge in [0.1, 0.15) is 0 Å². The molecule has 0 aromatic carbocycles. The zero-order chi connectivity index (χ0) is 11.3. The van der Waals surface area contributed by atoms with Crippen molar-refractivity contribution >= 4 is 0 Å². The van der Waals surface area contributed by atoms with Gasteiger partial charge < -0.3 is 5.32 Å². The normalized spacial score (nSPS) is 19.8. The molecule has 1 fully saturated rings. The van der Waals surface area contributed by atoms with Gasteiger partial charge in [-0.05, 0) is 38.6 Å². The molecule has 0 unspecified atom stereocenters. The Kier molecular flexibility index (Phi) is 5.11. The minimum Gasteiger partial charge on any atom is -0.312 e. The fraction of sp³-hybridized carbons (Fsp3) is 1.00. The van der Waals surface area contributed by atoms with Crippen molar-refractivity contribution in [3.8, 4) is 0 Å². The van der Waals surface area contributed by atoms with E-state index < -0.39 is 0 Å². The lowest BCUT2D eigenvalue weighted by atomic mass is 9.80. The first kappa shape index (κ1) is 13.0. The van der Waals surface area contributed by atoms with Gasteiger partial charge >= 0.3 is 0 Å². The van der Waals surface area contributed by atoms with Crippen LogP contribution in [0, 0.1) is 11.8 Å². The summed E-state index contributed by atoms with van der Waals surface area (Å²) in [6.45, 7) is 10.4. The summed E-state index contributed by atoms with van der Waals surface area (Å²) in [5.74, 6) is 1.74. The molecule has 0 radical (unpaired) electrons. The van der Waals surface area contributed by atoms with Crippen LogP contribution in [-0.2, 0) is 0 Å². The molecular weight excluding hydrogens is 182 g/mol. The lowest BCUT2D eigenvalue weighted by Gasteiger charge is -2.33. The number of nitrogens with one attached hydrogen (secondary N) is 1. The molecule has 0 bridgehead atoms. The maximum Gasteiger partial charge on any atom is 0.0127 e. The van der Waals surface area contributed by atoms with Crippen molar-refractivity contribution in [2.24, 2.45) is 11.8 Å². The van der Waals surface area contributed by atoms with Gasteiger partial charge in [0, 0.05) is 5.54 Å².